The minimum atomic E-state index is -0.326. The van der Waals surface area contributed by atoms with Crippen LogP contribution in [0.5, 0.6) is 0 Å². The van der Waals surface area contributed by atoms with Crippen molar-refractivity contribution in [2.45, 2.75) is 33.2 Å². The molecule has 1 aromatic heterocycles. The maximum atomic E-state index is 12.4. The Labute approximate surface area is 153 Å². The van der Waals surface area contributed by atoms with Gasteiger partial charge in [0.05, 0.1) is 13.2 Å². The van der Waals surface area contributed by atoms with E-state index in [1.54, 1.807) is 13.8 Å². The van der Waals surface area contributed by atoms with Crippen molar-refractivity contribution in [3.05, 3.63) is 35.6 Å². The lowest BCUT2D eigenvalue weighted by molar-refractivity contribution is -0.119. The molecule has 1 aliphatic heterocycles. The largest absolute Gasteiger partial charge is 0.462 e. The lowest BCUT2D eigenvalue weighted by atomic mass is 9.96. The molecule has 0 spiro atoms. The standard InChI is InChI=1S/C20H26N2O4/c1-3-25-20(24)19-16-6-4-5-7-17(16)26-18(19)13-22-10-8-15(9-11-22)12-21-14(2)23/h4-7,15H,3,8-13H2,1-2H3,(H,21,23). The van der Waals surface area contributed by atoms with Crippen LogP contribution >= 0.6 is 0 Å². The van der Waals surface area contributed by atoms with Crippen LogP contribution in [0.25, 0.3) is 11.0 Å². The molecule has 2 aromatic rings. The van der Waals surface area contributed by atoms with Crippen molar-refractivity contribution >= 4 is 22.8 Å². The van der Waals surface area contributed by atoms with Crippen molar-refractivity contribution in [3.63, 3.8) is 0 Å². The lowest BCUT2D eigenvalue weighted by Crippen LogP contribution is -2.38. The van der Waals surface area contributed by atoms with E-state index in [1.165, 1.54) is 0 Å². The van der Waals surface area contributed by atoms with Gasteiger partial charge in [-0.15, -0.1) is 0 Å². The minimum absolute atomic E-state index is 0.0220. The Morgan fingerprint density at radius 1 is 1.27 bits per heavy atom. The average Bonchev–Trinajstić information content (AvgIpc) is 2.99. The van der Waals surface area contributed by atoms with Crippen LogP contribution < -0.4 is 5.32 Å². The molecule has 2 heterocycles. The van der Waals surface area contributed by atoms with Gasteiger partial charge in [0.25, 0.3) is 0 Å². The summed E-state index contributed by atoms with van der Waals surface area (Å²) in [6.07, 6.45) is 2.05. The van der Waals surface area contributed by atoms with E-state index < -0.39 is 0 Å². The number of hydrogen-bond donors (Lipinski definition) is 1. The maximum absolute atomic E-state index is 12.4. The van der Waals surface area contributed by atoms with E-state index in [-0.39, 0.29) is 11.9 Å². The number of esters is 1. The Morgan fingerprint density at radius 2 is 2.00 bits per heavy atom. The minimum Gasteiger partial charge on any atom is -0.462 e. The highest BCUT2D eigenvalue weighted by Gasteiger charge is 2.25. The number of nitrogens with one attached hydrogen (secondary N) is 1. The molecular weight excluding hydrogens is 332 g/mol. The first-order valence-electron chi connectivity index (χ1n) is 9.22. The zero-order valence-electron chi connectivity index (χ0n) is 15.4. The topological polar surface area (TPSA) is 71.8 Å². The van der Waals surface area contributed by atoms with Gasteiger partial charge in [0.2, 0.25) is 5.91 Å². The van der Waals surface area contributed by atoms with E-state index in [0.717, 1.165) is 37.9 Å². The highest BCUT2D eigenvalue weighted by Crippen LogP contribution is 2.29. The first-order valence-corrected chi connectivity index (χ1v) is 9.22. The van der Waals surface area contributed by atoms with Crippen LogP contribution in [-0.4, -0.2) is 43.0 Å². The fourth-order valence-corrected chi connectivity index (χ4v) is 3.47. The Morgan fingerprint density at radius 3 is 2.69 bits per heavy atom. The molecule has 1 aromatic carbocycles. The van der Waals surface area contributed by atoms with E-state index >= 15 is 0 Å². The predicted octanol–water partition coefficient (Wildman–Crippen LogP) is 2.96. The SMILES string of the molecule is CCOC(=O)c1c(CN2CCC(CNC(C)=O)CC2)oc2ccccc12. The first kappa shape index (κ1) is 18.5. The fourth-order valence-electron chi connectivity index (χ4n) is 3.47. The number of fused-ring (bicyclic) bond motifs is 1. The molecule has 1 fully saturated rings. The van der Waals surface area contributed by atoms with Gasteiger partial charge in [-0.1, -0.05) is 18.2 Å². The number of ether oxygens (including phenoxy) is 1. The summed E-state index contributed by atoms with van der Waals surface area (Å²) in [5.74, 6) is 0.877. The van der Waals surface area contributed by atoms with Crippen molar-refractivity contribution in [1.29, 1.82) is 0 Å². The average molecular weight is 358 g/mol. The normalized spacial score (nSPS) is 15.9. The van der Waals surface area contributed by atoms with Crippen LogP contribution in [0.2, 0.25) is 0 Å². The third-order valence-electron chi connectivity index (χ3n) is 4.86. The second-order valence-corrected chi connectivity index (χ2v) is 6.77. The van der Waals surface area contributed by atoms with Gasteiger partial charge in [-0.2, -0.15) is 0 Å². The summed E-state index contributed by atoms with van der Waals surface area (Å²) < 4.78 is 11.2. The van der Waals surface area contributed by atoms with Crippen molar-refractivity contribution in [3.8, 4) is 0 Å². The quantitative estimate of drug-likeness (QED) is 0.804. The van der Waals surface area contributed by atoms with E-state index in [0.29, 0.717) is 36.0 Å². The number of nitrogens with zero attached hydrogens (tertiary/aromatic N) is 1. The first-order chi connectivity index (χ1) is 12.6. The van der Waals surface area contributed by atoms with Crippen molar-refractivity contribution in [1.82, 2.24) is 10.2 Å². The Balaban J connectivity index is 1.70. The van der Waals surface area contributed by atoms with Gasteiger partial charge in [0.1, 0.15) is 16.9 Å². The summed E-state index contributed by atoms with van der Waals surface area (Å²) in [5.41, 5.74) is 1.26. The highest BCUT2D eigenvalue weighted by molar-refractivity contribution is 6.04. The summed E-state index contributed by atoms with van der Waals surface area (Å²) in [4.78, 5) is 25.8. The number of hydrogen-bond acceptors (Lipinski definition) is 5. The molecule has 1 N–H and O–H groups in total. The van der Waals surface area contributed by atoms with Gasteiger partial charge in [0, 0.05) is 18.9 Å². The van der Waals surface area contributed by atoms with Crippen LogP contribution in [0.1, 0.15) is 42.8 Å². The zero-order valence-corrected chi connectivity index (χ0v) is 15.4. The van der Waals surface area contributed by atoms with Gasteiger partial charge in [-0.05, 0) is 44.8 Å². The Hall–Kier alpha value is -2.34. The second-order valence-electron chi connectivity index (χ2n) is 6.77. The molecule has 0 unspecified atom stereocenters. The molecule has 26 heavy (non-hydrogen) atoms. The summed E-state index contributed by atoms with van der Waals surface area (Å²) in [5, 5.41) is 3.71. The number of carbonyl (C=O) groups excluding carboxylic acids is 2. The number of benzene rings is 1. The molecule has 0 radical (unpaired) electrons. The Kier molecular flexibility index (Phi) is 5.93. The van der Waals surface area contributed by atoms with E-state index in [4.69, 9.17) is 9.15 Å². The highest BCUT2D eigenvalue weighted by atomic mass is 16.5. The van der Waals surface area contributed by atoms with Crippen LogP contribution in [-0.2, 0) is 16.1 Å². The number of carbonyl (C=O) groups is 2. The molecule has 3 rings (SSSR count). The van der Waals surface area contributed by atoms with Gasteiger partial charge in [0.15, 0.2) is 0 Å². The monoisotopic (exact) mass is 358 g/mol. The Bertz CT molecular complexity index is 775. The summed E-state index contributed by atoms with van der Waals surface area (Å²) in [6, 6.07) is 7.57. The molecule has 1 saturated heterocycles. The third kappa shape index (κ3) is 4.25. The van der Waals surface area contributed by atoms with E-state index in [1.807, 2.05) is 24.3 Å². The lowest BCUT2D eigenvalue weighted by Gasteiger charge is -2.31. The van der Waals surface area contributed by atoms with E-state index in [9.17, 15) is 9.59 Å². The van der Waals surface area contributed by atoms with Crippen LogP contribution in [0.4, 0.5) is 0 Å². The third-order valence-corrected chi connectivity index (χ3v) is 4.86. The number of furan rings is 1. The molecule has 140 valence electrons. The molecule has 6 nitrogen and oxygen atoms in total. The number of rotatable bonds is 6. The van der Waals surface area contributed by atoms with Gasteiger partial charge in [-0.25, -0.2) is 4.79 Å². The molecule has 0 saturated carbocycles. The number of amides is 1. The summed E-state index contributed by atoms with van der Waals surface area (Å²) >= 11 is 0. The molecular formula is C20H26N2O4. The fraction of sp³-hybridized carbons (Fsp3) is 0.500. The molecule has 0 atom stereocenters. The number of piperidine rings is 1. The second kappa shape index (κ2) is 8.36. The zero-order chi connectivity index (χ0) is 18.5. The molecule has 0 bridgehead atoms. The van der Waals surface area contributed by atoms with Gasteiger partial charge in [-0.3, -0.25) is 9.69 Å². The molecule has 1 aliphatic rings. The molecule has 0 aliphatic carbocycles. The van der Waals surface area contributed by atoms with Crippen LogP contribution in [0.15, 0.2) is 28.7 Å². The maximum Gasteiger partial charge on any atom is 0.342 e. The predicted molar refractivity (Wildman–Crippen MR) is 98.9 cm³/mol. The van der Waals surface area contributed by atoms with Crippen molar-refractivity contribution in [2.24, 2.45) is 5.92 Å². The van der Waals surface area contributed by atoms with Gasteiger partial charge >= 0.3 is 5.97 Å². The van der Waals surface area contributed by atoms with Crippen LogP contribution in [0.3, 0.4) is 0 Å². The number of likely N-dealkylation sites (tertiary alicyclic amines) is 1. The van der Waals surface area contributed by atoms with Crippen molar-refractivity contribution in [2.75, 3.05) is 26.2 Å². The molecule has 6 heteroatoms. The number of para-hydroxylation sites is 1. The smallest absolute Gasteiger partial charge is 0.342 e. The summed E-state index contributed by atoms with van der Waals surface area (Å²) in [6.45, 7) is 6.87. The van der Waals surface area contributed by atoms with Gasteiger partial charge < -0.3 is 14.5 Å². The van der Waals surface area contributed by atoms with Crippen molar-refractivity contribution < 1.29 is 18.7 Å². The van der Waals surface area contributed by atoms with E-state index in [2.05, 4.69) is 10.2 Å². The molecule has 1 amide bonds. The summed E-state index contributed by atoms with van der Waals surface area (Å²) in [7, 11) is 0. The van der Waals surface area contributed by atoms with Crippen LogP contribution in [0, 0.1) is 5.92 Å².